The van der Waals surface area contributed by atoms with Crippen LogP contribution in [0.2, 0.25) is 0 Å². The summed E-state index contributed by atoms with van der Waals surface area (Å²) in [5, 5.41) is 0. The Labute approximate surface area is 120 Å². The number of benzene rings is 1. The molecule has 6 nitrogen and oxygen atoms in total. The lowest BCUT2D eigenvalue weighted by Gasteiger charge is -2.26. The number of hydrogen-bond acceptors (Lipinski definition) is 6. The lowest BCUT2D eigenvalue weighted by molar-refractivity contribution is 0.122. The van der Waals surface area contributed by atoms with Crippen molar-refractivity contribution in [3.8, 4) is 17.2 Å². The summed E-state index contributed by atoms with van der Waals surface area (Å²) in [5.74, 6) is 1.88. The van der Waals surface area contributed by atoms with E-state index in [4.69, 9.17) is 27.5 Å². The Balaban J connectivity index is 3.33. The first-order chi connectivity index (χ1) is 9.61. The molecule has 1 aromatic rings. The van der Waals surface area contributed by atoms with Crippen molar-refractivity contribution in [2.45, 2.75) is 6.04 Å². The van der Waals surface area contributed by atoms with Gasteiger partial charge in [0.25, 0.3) is 0 Å². The molecule has 0 radical (unpaired) electrons. The zero-order valence-corrected chi connectivity index (χ0v) is 13.8. The predicted octanol–water partition coefficient (Wildman–Crippen LogP) is 1.67. The Morgan fingerprint density at radius 3 is 1.65 bits per heavy atom. The highest BCUT2D eigenvalue weighted by atomic mass is 28.4. The van der Waals surface area contributed by atoms with Gasteiger partial charge in [-0.15, -0.1) is 0 Å². The average Bonchev–Trinajstić information content (AvgIpc) is 2.51. The second kappa shape index (κ2) is 7.49. The van der Waals surface area contributed by atoms with E-state index in [0.29, 0.717) is 23.3 Å². The third-order valence-corrected chi connectivity index (χ3v) is 5.80. The smallest absolute Gasteiger partial charge is 0.496 e. The van der Waals surface area contributed by atoms with E-state index in [1.165, 1.54) is 0 Å². The van der Waals surface area contributed by atoms with Crippen LogP contribution >= 0.6 is 0 Å². The van der Waals surface area contributed by atoms with E-state index in [-0.39, 0.29) is 0 Å². The van der Waals surface area contributed by atoms with E-state index in [2.05, 4.69) is 0 Å². The van der Waals surface area contributed by atoms with Crippen LogP contribution in [-0.4, -0.2) is 51.5 Å². The van der Waals surface area contributed by atoms with Gasteiger partial charge < -0.3 is 27.5 Å². The van der Waals surface area contributed by atoms with Crippen molar-refractivity contribution in [2.75, 3.05) is 42.7 Å². The summed E-state index contributed by atoms with van der Waals surface area (Å²) in [7, 11) is 6.66. The molecule has 0 aliphatic carbocycles. The van der Waals surface area contributed by atoms with Crippen LogP contribution in [0.4, 0.5) is 0 Å². The maximum Gasteiger partial charge on any atom is 0.505 e. The summed E-state index contributed by atoms with van der Waals surface area (Å²) in [6.07, 6.45) is 0. The van der Waals surface area contributed by atoms with E-state index in [1.807, 2.05) is 6.07 Å². The third-order valence-electron chi connectivity index (χ3n) is 3.15. The van der Waals surface area contributed by atoms with E-state index in [9.17, 15) is 0 Å². The van der Waals surface area contributed by atoms with Gasteiger partial charge in [-0.1, -0.05) is 0 Å². The molecule has 0 N–H and O–H groups in total. The summed E-state index contributed by atoms with van der Waals surface area (Å²) in [6.45, 7) is 0. The molecule has 0 unspecified atom stereocenters. The van der Waals surface area contributed by atoms with Gasteiger partial charge >= 0.3 is 8.80 Å². The fourth-order valence-corrected chi connectivity index (χ4v) is 3.72. The van der Waals surface area contributed by atoms with Gasteiger partial charge in [0, 0.05) is 26.9 Å². The summed E-state index contributed by atoms with van der Waals surface area (Å²) in [6, 6.07) is 4.02. The van der Waals surface area contributed by atoms with E-state index in [0.717, 1.165) is 5.56 Å². The lowest BCUT2D eigenvalue weighted by Crippen LogP contribution is -2.45. The number of rotatable bonds is 8. The van der Waals surface area contributed by atoms with E-state index >= 15 is 0 Å². The van der Waals surface area contributed by atoms with Crippen molar-refractivity contribution in [2.24, 2.45) is 0 Å². The van der Waals surface area contributed by atoms with Crippen molar-refractivity contribution in [3.63, 3.8) is 0 Å². The first-order valence-corrected chi connectivity index (χ1v) is 7.97. The molecule has 1 rings (SSSR count). The molecule has 1 aromatic carbocycles. The molecule has 114 valence electrons. The molecule has 0 bridgehead atoms. The molecule has 0 aliphatic rings. The Morgan fingerprint density at radius 1 is 0.750 bits per heavy atom. The van der Waals surface area contributed by atoms with E-state index in [1.54, 1.807) is 48.7 Å². The van der Waals surface area contributed by atoms with Crippen molar-refractivity contribution in [3.05, 3.63) is 17.7 Å². The average molecular weight is 302 g/mol. The molecule has 0 atom stereocenters. The highest BCUT2D eigenvalue weighted by Crippen LogP contribution is 2.39. The van der Waals surface area contributed by atoms with Gasteiger partial charge in [-0.3, -0.25) is 0 Å². The van der Waals surface area contributed by atoms with Crippen molar-refractivity contribution < 1.29 is 27.5 Å². The minimum Gasteiger partial charge on any atom is -0.496 e. The first-order valence-electron chi connectivity index (χ1n) is 6.04. The van der Waals surface area contributed by atoms with Gasteiger partial charge in [-0.05, 0) is 12.1 Å². The van der Waals surface area contributed by atoms with Gasteiger partial charge in [0.2, 0.25) is 0 Å². The third kappa shape index (κ3) is 3.24. The van der Waals surface area contributed by atoms with Gasteiger partial charge in [-0.25, -0.2) is 0 Å². The minimum absolute atomic E-state index is 0.417. The van der Waals surface area contributed by atoms with Crippen LogP contribution in [0.15, 0.2) is 12.1 Å². The van der Waals surface area contributed by atoms with Gasteiger partial charge in [0.15, 0.2) is 11.5 Å². The highest BCUT2D eigenvalue weighted by Gasteiger charge is 2.40. The van der Waals surface area contributed by atoms with Crippen LogP contribution in [0.25, 0.3) is 0 Å². The number of ether oxygens (including phenoxy) is 3. The van der Waals surface area contributed by atoms with Crippen LogP contribution in [0.5, 0.6) is 17.2 Å². The molecule has 7 heteroatoms. The Hall–Kier alpha value is -1.28. The zero-order chi connectivity index (χ0) is 15.2. The predicted molar refractivity (Wildman–Crippen MR) is 76.6 cm³/mol. The zero-order valence-electron chi connectivity index (χ0n) is 12.8. The topological polar surface area (TPSA) is 55.4 Å². The van der Waals surface area contributed by atoms with Crippen LogP contribution in [0, 0.1) is 0 Å². The molecule has 20 heavy (non-hydrogen) atoms. The van der Waals surface area contributed by atoms with Gasteiger partial charge in [-0.2, -0.15) is 0 Å². The Morgan fingerprint density at radius 2 is 1.25 bits per heavy atom. The molecular weight excluding hydrogens is 280 g/mol. The van der Waals surface area contributed by atoms with E-state index < -0.39 is 8.80 Å². The van der Waals surface area contributed by atoms with Crippen molar-refractivity contribution in [1.82, 2.24) is 0 Å². The van der Waals surface area contributed by atoms with Crippen LogP contribution < -0.4 is 14.2 Å². The quantitative estimate of drug-likeness (QED) is 0.681. The van der Waals surface area contributed by atoms with Gasteiger partial charge in [0.1, 0.15) is 5.75 Å². The standard InChI is InChI=1S/C13H22O6Si/c1-14-11-7-8-12(15-2)13(16-3)10(11)9-20(17-4,18-5)19-6/h7-8H,9H2,1-6H3. The molecule has 0 saturated heterocycles. The largest absolute Gasteiger partial charge is 0.505 e. The van der Waals surface area contributed by atoms with Crippen molar-refractivity contribution in [1.29, 1.82) is 0 Å². The summed E-state index contributed by atoms with van der Waals surface area (Å²) in [5.41, 5.74) is 0.798. The summed E-state index contributed by atoms with van der Waals surface area (Å²) < 4.78 is 32.5. The molecule has 0 saturated carbocycles. The van der Waals surface area contributed by atoms with Crippen molar-refractivity contribution >= 4 is 8.80 Å². The number of hydrogen-bond donors (Lipinski definition) is 0. The highest BCUT2D eigenvalue weighted by molar-refractivity contribution is 6.60. The number of methoxy groups -OCH3 is 3. The Kier molecular flexibility index (Phi) is 6.28. The second-order valence-electron chi connectivity index (χ2n) is 3.95. The SMILES string of the molecule is COc1ccc(OC)c(OC)c1C[Si](OC)(OC)OC. The molecule has 0 spiro atoms. The van der Waals surface area contributed by atoms with Crippen LogP contribution in [-0.2, 0) is 19.3 Å². The molecule has 0 aliphatic heterocycles. The van der Waals surface area contributed by atoms with Crippen LogP contribution in [0.1, 0.15) is 5.56 Å². The second-order valence-corrected chi connectivity index (χ2v) is 6.90. The fourth-order valence-electron chi connectivity index (χ4n) is 2.01. The summed E-state index contributed by atoms with van der Waals surface area (Å²) >= 11 is 0. The maximum atomic E-state index is 5.46. The van der Waals surface area contributed by atoms with Gasteiger partial charge in [0.05, 0.1) is 27.4 Å². The minimum atomic E-state index is -2.80. The maximum absolute atomic E-state index is 5.46. The molecule has 0 heterocycles. The molecule has 0 fully saturated rings. The monoisotopic (exact) mass is 302 g/mol. The fraction of sp³-hybridized carbons (Fsp3) is 0.538. The summed E-state index contributed by atoms with van der Waals surface area (Å²) in [4.78, 5) is 0. The molecular formula is C13H22O6Si. The Bertz CT molecular complexity index is 425. The lowest BCUT2D eigenvalue weighted by atomic mass is 10.2. The molecule has 0 amide bonds. The normalized spacial score (nSPS) is 11.3. The molecule has 0 aromatic heterocycles. The first kappa shape index (κ1) is 16.8. The van der Waals surface area contributed by atoms with Crippen LogP contribution in [0.3, 0.4) is 0 Å².